The first kappa shape index (κ1) is 12.1. The molecule has 1 fully saturated rings. The molecule has 0 saturated carbocycles. The maximum atomic E-state index is 10.9. The minimum absolute atomic E-state index is 0.268. The first-order chi connectivity index (χ1) is 8.16. The Bertz CT molecular complexity index is 397. The van der Waals surface area contributed by atoms with Crippen LogP contribution in [0.3, 0.4) is 0 Å². The summed E-state index contributed by atoms with van der Waals surface area (Å²) in [6, 6.07) is 8.22. The van der Waals surface area contributed by atoms with Crippen LogP contribution in [-0.2, 0) is 4.79 Å². The van der Waals surface area contributed by atoms with Crippen molar-refractivity contribution in [3.8, 4) is 5.75 Å². The van der Waals surface area contributed by atoms with E-state index in [0.717, 1.165) is 0 Å². The molecule has 3 nitrogen and oxygen atoms in total. The molecule has 0 spiro atoms. The molecule has 1 atom stereocenters. The molecule has 17 heavy (non-hydrogen) atoms. The summed E-state index contributed by atoms with van der Waals surface area (Å²) in [5.74, 6) is 0.372. The highest BCUT2D eigenvalue weighted by Gasteiger charge is 2.19. The third kappa shape index (κ3) is 3.07. The molecule has 1 aliphatic heterocycles. The van der Waals surface area contributed by atoms with Gasteiger partial charge in [-0.15, -0.1) is 0 Å². The van der Waals surface area contributed by atoms with Crippen LogP contribution in [0.1, 0.15) is 38.3 Å². The van der Waals surface area contributed by atoms with E-state index in [1.54, 1.807) is 0 Å². The van der Waals surface area contributed by atoms with Crippen LogP contribution in [0, 0.1) is 0 Å². The first-order valence-corrected chi connectivity index (χ1v) is 6.19. The standard InChI is InChI=1S/C14H19NO2/c1-11(15-8-3-4-9-15)13-6-5-7-14(10-13)17-12(2)16/h5-7,10-11H,3-4,8-9H2,1-2H3. The SMILES string of the molecule is CC(=O)Oc1cccc(C(C)N2CCCC2)c1. The van der Waals surface area contributed by atoms with Gasteiger partial charge in [-0.1, -0.05) is 12.1 Å². The zero-order valence-electron chi connectivity index (χ0n) is 10.5. The molecular weight excluding hydrogens is 214 g/mol. The molecule has 92 valence electrons. The number of hydrogen-bond donors (Lipinski definition) is 0. The fourth-order valence-corrected chi connectivity index (χ4v) is 2.34. The maximum Gasteiger partial charge on any atom is 0.308 e. The number of rotatable bonds is 3. The van der Waals surface area contributed by atoms with Gasteiger partial charge in [-0.3, -0.25) is 9.69 Å². The van der Waals surface area contributed by atoms with Gasteiger partial charge in [0.2, 0.25) is 0 Å². The second-order valence-electron chi connectivity index (χ2n) is 4.59. The topological polar surface area (TPSA) is 29.5 Å². The highest BCUT2D eigenvalue weighted by Crippen LogP contribution is 2.26. The molecule has 1 heterocycles. The number of esters is 1. The number of likely N-dealkylation sites (tertiary alicyclic amines) is 1. The predicted molar refractivity (Wildman–Crippen MR) is 67.0 cm³/mol. The van der Waals surface area contributed by atoms with E-state index >= 15 is 0 Å². The van der Waals surface area contributed by atoms with Gasteiger partial charge in [-0.25, -0.2) is 0 Å². The predicted octanol–water partition coefficient (Wildman–Crippen LogP) is 2.77. The van der Waals surface area contributed by atoms with E-state index in [-0.39, 0.29) is 5.97 Å². The molecule has 1 aliphatic rings. The molecule has 0 aliphatic carbocycles. The van der Waals surface area contributed by atoms with E-state index < -0.39 is 0 Å². The fraction of sp³-hybridized carbons (Fsp3) is 0.500. The van der Waals surface area contributed by atoms with Crippen molar-refractivity contribution in [1.29, 1.82) is 0 Å². The fourth-order valence-electron chi connectivity index (χ4n) is 2.34. The van der Waals surface area contributed by atoms with E-state index in [0.29, 0.717) is 11.8 Å². The number of benzene rings is 1. The number of carbonyl (C=O) groups excluding carboxylic acids is 1. The normalized spacial score (nSPS) is 18.0. The second kappa shape index (κ2) is 5.32. The van der Waals surface area contributed by atoms with E-state index in [9.17, 15) is 4.79 Å². The summed E-state index contributed by atoms with van der Waals surface area (Å²) in [6.07, 6.45) is 2.57. The maximum absolute atomic E-state index is 10.9. The average molecular weight is 233 g/mol. The Kier molecular flexibility index (Phi) is 3.79. The molecule has 3 heteroatoms. The molecule has 2 rings (SSSR count). The van der Waals surface area contributed by atoms with Crippen molar-refractivity contribution in [2.75, 3.05) is 13.1 Å². The second-order valence-corrected chi connectivity index (χ2v) is 4.59. The first-order valence-electron chi connectivity index (χ1n) is 6.19. The van der Waals surface area contributed by atoms with E-state index in [4.69, 9.17) is 4.74 Å². The molecule has 1 unspecified atom stereocenters. The molecule has 1 saturated heterocycles. The van der Waals surface area contributed by atoms with Gasteiger partial charge in [-0.05, 0) is 50.6 Å². The number of hydrogen-bond acceptors (Lipinski definition) is 3. The minimum Gasteiger partial charge on any atom is -0.427 e. The molecule has 0 amide bonds. The average Bonchev–Trinajstić information content (AvgIpc) is 2.81. The van der Waals surface area contributed by atoms with Gasteiger partial charge in [0.25, 0.3) is 0 Å². The molecule has 1 aromatic rings. The van der Waals surface area contributed by atoms with Crippen LogP contribution in [0.4, 0.5) is 0 Å². The van der Waals surface area contributed by atoms with Crippen LogP contribution in [0.25, 0.3) is 0 Å². The van der Waals surface area contributed by atoms with Gasteiger partial charge in [-0.2, -0.15) is 0 Å². The Hall–Kier alpha value is -1.35. The van der Waals surface area contributed by atoms with Crippen molar-refractivity contribution in [3.05, 3.63) is 29.8 Å². The minimum atomic E-state index is -0.268. The summed E-state index contributed by atoms with van der Waals surface area (Å²) in [5, 5.41) is 0. The van der Waals surface area contributed by atoms with E-state index in [2.05, 4.69) is 17.9 Å². The van der Waals surface area contributed by atoms with Crippen LogP contribution >= 0.6 is 0 Å². The molecule has 0 bridgehead atoms. The van der Waals surface area contributed by atoms with Gasteiger partial charge >= 0.3 is 5.97 Å². The molecule has 1 aromatic carbocycles. The number of nitrogens with zero attached hydrogens (tertiary/aromatic N) is 1. The molecule has 0 radical (unpaired) electrons. The van der Waals surface area contributed by atoms with Crippen molar-refractivity contribution >= 4 is 5.97 Å². The quantitative estimate of drug-likeness (QED) is 0.594. The van der Waals surface area contributed by atoms with Crippen molar-refractivity contribution in [2.45, 2.75) is 32.7 Å². The Labute approximate surface area is 102 Å². The molecule has 0 N–H and O–H groups in total. The molecular formula is C14H19NO2. The zero-order chi connectivity index (χ0) is 12.3. The zero-order valence-corrected chi connectivity index (χ0v) is 10.5. The molecule has 0 aromatic heterocycles. The van der Waals surface area contributed by atoms with Crippen LogP contribution in [0.15, 0.2) is 24.3 Å². The van der Waals surface area contributed by atoms with Gasteiger partial charge < -0.3 is 4.74 Å². The Morgan fingerprint density at radius 1 is 1.35 bits per heavy atom. The van der Waals surface area contributed by atoms with Gasteiger partial charge in [0.15, 0.2) is 0 Å². The van der Waals surface area contributed by atoms with E-state index in [1.807, 2.05) is 18.2 Å². The lowest BCUT2D eigenvalue weighted by Crippen LogP contribution is -2.23. The summed E-state index contributed by atoms with van der Waals surface area (Å²) in [7, 11) is 0. The Morgan fingerprint density at radius 2 is 2.06 bits per heavy atom. The number of ether oxygens (including phenoxy) is 1. The summed E-state index contributed by atoms with van der Waals surface area (Å²) in [4.78, 5) is 13.4. The van der Waals surface area contributed by atoms with Gasteiger partial charge in [0.1, 0.15) is 5.75 Å². The lowest BCUT2D eigenvalue weighted by Gasteiger charge is -2.24. The van der Waals surface area contributed by atoms with Crippen molar-refractivity contribution in [3.63, 3.8) is 0 Å². The highest BCUT2D eigenvalue weighted by molar-refractivity contribution is 5.69. The highest BCUT2D eigenvalue weighted by atomic mass is 16.5. The monoisotopic (exact) mass is 233 g/mol. The van der Waals surface area contributed by atoms with Crippen LogP contribution in [0.2, 0.25) is 0 Å². The van der Waals surface area contributed by atoms with E-state index in [1.165, 1.54) is 38.4 Å². The lowest BCUT2D eigenvalue weighted by atomic mass is 10.1. The van der Waals surface area contributed by atoms with Crippen LogP contribution in [0.5, 0.6) is 5.75 Å². The van der Waals surface area contributed by atoms with Crippen LogP contribution in [-0.4, -0.2) is 24.0 Å². The third-order valence-electron chi connectivity index (χ3n) is 3.29. The van der Waals surface area contributed by atoms with Crippen LogP contribution < -0.4 is 4.74 Å². The third-order valence-corrected chi connectivity index (χ3v) is 3.29. The van der Waals surface area contributed by atoms with Gasteiger partial charge in [0, 0.05) is 13.0 Å². The summed E-state index contributed by atoms with van der Waals surface area (Å²) >= 11 is 0. The van der Waals surface area contributed by atoms with Crippen molar-refractivity contribution < 1.29 is 9.53 Å². The Morgan fingerprint density at radius 3 is 2.71 bits per heavy atom. The number of carbonyl (C=O) groups is 1. The lowest BCUT2D eigenvalue weighted by molar-refractivity contribution is -0.131. The van der Waals surface area contributed by atoms with Gasteiger partial charge in [0.05, 0.1) is 0 Å². The smallest absolute Gasteiger partial charge is 0.308 e. The largest absolute Gasteiger partial charge is 0.427 e. The van der Waals surface area contributed by atoms with Crippen molar-refractivity contribution in [1.82, 2.24) is 4.90 Å². The summed E-state index contributed by atoms with van der Waals surface area (Å²) in [5.41, 5.74) is 1.21. The summed E-state index contributed by atoms with van der Waals surface area (Å²) in [6.45, 7) is 5.96. The van der Waals surface area contributed by atoms with Crippen molar-refractivity contribution in [2.24, 2.45) is 0 Å². The Balaban J connectivity index is 2.11. The summed E-state index contributed by atoms with van der Waals surface area (Å²) < 4.78 is 5.11.